The van der Waals surface area contributed by atoms with E-state index in [4.69, 9.17) is 0 Å². The standard InChI is InChI=1S/C17H17N5O/c1-12-8-9-14(19-13-6-4-3-5-7-13)16(18-12)17(23)20-15-10-11-22(2)21-15/h3-11,19H,1-2H3,(H,20,21,23). The average molecular weight is 307 g/mol. The van der Waals surface area contributed by atoms with Crippen LogP contribution in [0.5, 0.6) is 0 Å². The summed E-state index contributed by atoms with van der Waals surface area (Å²) in [6, 6.07) is 15.1. The molecule has 2 aromatic heterocycles. The smallest absolute Gasteiger partial charge is 0.277 e. The summed E-state index contributed by atoms with van der Waals surface area (Å²) in [5, 5.41) is 10.1. The zero-order valence-corrected chi connectivity index (χ0v) is 12.9. The van der Waals surface area contributed by atoms with Crippen molar-refractivity contribution in [2.24, 2.45) is 7.05 Å². The highest BCUT2D eigenvalue weighted by Crippen LogP contribution is 2.21. The van der Waals surface area contributed by atoms with Crippen LogP contribution in [0.4, 0.5) is 17.2 Å². The minimum Gasteiger partial charge on any atom is -0.354 e. The van der Waals surface area contributed by atoms with E-state index < -0.39 is 0 Å². The number of anilines is 3. The van der Waals surface area contributed by atoms with E-state index in [9.17, 15) is 4.79 Å². The Labute approximate surface area is 134 Å². The van der Waals surface area contributed by atoms with Crippen molar-refractivity contribution in [2.75, 3.05) is 10.6 Å². The fourth-order valence-corrected chi connectivity index (χ4v) is 2.16. The van der Waals surface area contributed by atoms with Gasteiger partial charge in [-0.05, 0) is 31.2 Å². The summed E-state index contributed by atoms with van der Waals surface area (Å²) in [4.78, 5) is 16.9. The number of carbonyl (C=O) groups excluding carboxylic acids is 1. The van der Waals surface area contributed by atoms with Crippen molar-refractivity contribution in [1.29, 1.82) is 0 Å². The monoisotopic (exact) mass is 307 g/mol. The zero-order chi connectivity index (χ0) is 16.2. The maximum atomic E-state index is 12.5. The average Bonchev–Trinajstić information content (AvgIpc) is 2.95. The number of aryl methyl sites for hydroxylation is 2. The van der Waals surface area contributed by atoms with E-state index in [-0.39, 0.29) is 5.91 Å². The summed E-state index contributed by atoms with van der Waals surface area (Å²) in [6.07, 6.45) is 1.77. The number of rotatable bonds is 4. The van der Waals surface area contributed by atoms with Gasteiger partial charge in [0.05, 0.1) is 5.69 Å². The summed E-state index contributed by atoms with van der Waals surface area (Å²) < 4.78 is 1.63. The van der Waals surface area contributed by atoms with Gasteiger partial charge in [-0.15, -0.1) is 0 Å². The summed E-state index contributed by atoms with van der Waals surface area (Å²) in [5.41, 5.74) is 2.65. The molecule has 6 nitrogen and oxygen atoms in total. The molecule has 0 saturated carbocycles. The molecule has 0 unspecified atom stereocenters. The number of pyridine rings is 1. The first-order valence-electron chi connectivity index (χ1n) is 7.22. The Morgan fingerprint density at radius 3 is 2.57 bits per heavy atom. The van der Waals surface area contributed by atoms with Crippen LogP contribution in [0, 0.1) is 6.92 Å². The summed E-state index contributed by atoms with van der Waals surface area (Å²) >= 11 is 0. The van der Waals surface area contributed by atoms with Gasteiger partial charge in [-0.25, -0.2) is 4.98 Å². The molecule has 2 heterocycles. The van der Waals surface area contributed by atoms with E-state index in [1.165, 1.54) is 0 Å². The van der Waals surface area contributed by atoms with Gasteiger partial charge in [-0.1, -0.05) is 18.2 Å². The Morgan fingerprint density at radius 2 is 1.87 bits per heavy atom. The first-order valence-corrected chi connectivity index (χ1v) is 7.22. The maximum Gasteiger partial charge on any atom is 0.277 e. The number of nitrogens with one attached hydrogen (secondary N) is 2. The largest absolute Gasteiger partial charge is 0.354 e. The van der Waals surface area contributed by atoms with Crippen LogP contribution >= 0.6 is 0 Å². The molecule has 0 bridgehead atoms. The third-order valence-electron chi connectivity index (χ3n) is 3.26. The molecule has 2 N–H and O–H groups in total. The Morgan fingerprint density at radius 1 is 1.09 bits per heavy atom. The molecule has 6 heteroatoms. The fraction of sp³-hybridized carbons (Fsp3) is 0.118. The topological polar surface area (TPSA) is 71.8 Å². The molecule has 0 radical (unpaired) electrons. The Bertz CT molecular complexity index is 826. The van der Waals surface area contributed by atoms with Crippen LogP contribution in [0.2, 0.25) is 0 Å². The predicted octanol–water partition coefficient (Wildman–Crippen LogP) is 3.12. The van der Waals surface area contributed by atoms with Gasteiger partial charge in [0, 0.05) is 30.7 Å². The number of benzene rings is 1. The van der Waals surface area contributed by atoms with E-state index >= 15 is 0 Å². The van der Waals surface area contributed by atoms with Crippen LogP contribution < -0.4 is 10.6 Å². The molecule has 3 rings (SSSR count). The quantitative estimate of drug-likeness (QED) is 0.777. The highest BCUT2D eigenvalue weighted by Gasteiger charge is 2.15. The molecule has 3 aromatic rings. The molecule has 0 fully saturated rings. The molecule has 116 valence electrons. The normalized spacial score (nSPS) is 10.3. The van der Waals surface area contributed by atoms with Gasteiger partial charge < -0.3 is 10.6 Å². The number of aromatic nitrogens is 3. The number of hydrogen-bond donors (Lipinski definition) is 2. The van der Waals surface area contributed by atoms with Crippen molar-refractivity contribution < 1.29 is 4.79 Å². The predicted molar refractivity (Wildman–Crippen MR) is 89.9 cm³/mol. The third kappa shape index (κ3) is 3.55. The van der Waals surface area contributed by atoms with Gasteiger partial charge >= 0.3 is 0 Å². The van der Waals surface area contributed by atoms with Crippen LogP contribution in [0.15, 0.2) is 54.7 Å². The molecule has 0 aliphatic carbocycles. The van der Waals surface area contributed by atoms with Crippen LogP contribution in [-0.4, -0.2) is 20.7 Å². The SMILES string of the molecule is Cc1ccc(Nc2ccccc2)c(C(=O)Nc2ccn(C)n2)n1. The molecule has 1 amide bonds. The van der Waals surface area contributed by atoms with Crippen molar-refractivity contribution in [3.05, 3.63) is 66.1 Å². The minimum absolute atomic E-state index is 0.300. The van der Waals surface area contributed by atoms with Crippen LogP contribution in [-0.2, 0) is 7.05 Å². The van der Waals surface area contributed by atoms with Crippen molar-refractivity contribution in [1.82, 2.24) is 14.8 Å². The zero-order valence-electron chi connectivity index (χ0n) is 12.9. The second kappa shape index (κ2) is 6.31. The molecule has 0 aliphatic rings. The van der Waals surface area contributed by atoms with Crippen molar-refractivity contribution in [2.45, 2.75) is 6.92 Å². The van der Waals surface area contributed by atoms with Gasteiger partial charge in [0.25, 0.3) is 5.91 Å². The van der Waals surface area contributed by atoms with Crippen molar-refractivity contribution in [3.63, 3.8) is 0 Å². The first kappa shape index (κ1) is 14.8. The number of para-hydroxylation sites is 1. The first-order chi connectivity index (χ1) is 11.1. The highest BCUT2D eigenvalue weighted by atomic mass is 16.2. The third-order valence-corrected chi connectivity index (χ3v) is 3.26. The van der Waals surface area contributed by atoms with Crippen LogP contribution in [0.25, 0.3) is 0 Å². The fourth-order valence-electron chi connectivity index (χ4n) is 2.16. The van der Waals surface area contributed by atoms with Gasteiger partial charge in [-0.3, -0.25) is 9.48 Å². The van der Waals surface area contributed by atoms with E-state index in [0.29, 0.717) is 17.2 Å². The molecule has 1 aromatic carbocycles. The highest BCUT2D eigenvalue weighted by molar-refractivity contribution is 6.06. The summed E-state index contributed by atoms with van der Waals surface area (Å²) in [7, 11) is 1.79. The van der Waals surface area contributed by atoms with Gasteiger partial charge in [-0.2, -0.15) is 5.10 Å². The van der Waals surface area contributed by atoms with Gasteiger partial charge in [0.15, 0.2) is 11.5 Å². The molecular weight excluding hydrogens is 290 g/mol. The number of amides is 1. The molecular formula is C17H17N5O. The lowest BCUT2D eigenvalue weighted by Crippen LogP contribution is -2.16. The van der Waals surface area contributed by atoms with E-state index in [0.717, 1.165) is 11.4 Å². The van der Waals surface area contributed by atoms with E-state index in [1.807, 2.05) is 49.4 Å². The Balaban J connectivity index is 1.88. The van der Waals surface area contributed by atoms with Gasteiger partial charge in [0.2, 0.25) is 0 Å². The number of hydrogen-bond acceptors (Lipinski definition) is 4. The summed E-state index contributed by atoms with van der Waals surface area (Å²) in [5.74, 6) is 0.192. The molecule has 0 atom stereocenters. The number of carbonyl (C=O) groups is 1. The van der Waals surface area contributed by atoms with Crippen LogP contribution in [0.1, 0.15) is 16.2 Å². The lowest BCUT2D eigenvalue weighted by atomic mass is 10.2. The number of nitrogens with zero attached hydrogens (tertiary/aromatic N) is 3. The minimum atomic E-state index is -0.300. The van der Waals surface area contributed by atoms with Crippen molar-refractivity contribution >= 4 is 23.1 Å². The Hall–Kier alpha value is -3.15. The lowest BCUT2D eigenvalue weighted by molar-refractivity contribution is 0.102. The second-order valence-electron chi connectivity index (χ2n) is 5.17. The molecule has 0 saturated heterocycles. The second-order valence-corrected chi connectivity index (χ2v) is 5.17. The van der Waals surface area contributed by atoms with E-state index in [1.54, 1.807) is 24.0 Å². The maximum absolute atomic E-state index is 12.5. The van der Waals surface area contributed by atoms with Crippen molar-refractivity contribution in [3.8, 4) is 0 Å². The lowest BCUT2D eigenvalue weighted by Gasteiger charge is -2.11. The molecule has 0 aliphatic heterocycles. The summed E-state index contributed by atoms with van der Waals surface area (Å²) in [6.45, 7) is 1.85. The van der Waals surface area contributed by atoms with Crippen LogP contribution in [0.3, 0.4) is 0 Å². The Kier molecular flexibility index (Phi) is 4.05. The molecule has 23 heavy (non-hydrogen) atoms. The van der Waals surface area contributed by atoms with E-state index in [2.05, 4.69) is 20.7 Å². The van der Waals surface area contributed by atoms with Gasteiger partial charge in [0.1, 0.15) is 0 Å². The molecule has 0 spiro atoms.